The van der Waals surface area contributed by atoms with Crippen molar-refractivity contribution in [3.63, 3.8) is 0 Å². The summed E-state index contributed by atoms with van der Waals surface area (Å²) < 4.78 is 1.94. The van der Waals surface area contributed by atoms with Gasteiger partial charge in [-0.1, -0.05) is 0 Å². The number of hydrogen-bond donors (Lipinski definition) is 1. The molecule has 4 heteroatoms. The van der Waals surface area contributed by atoms with E-state index in [1.807, 2.05) is 16.9 Å². The highest BCUT2D eigenvalue weighted by molar-refractivity contribution is 4.85. The van der Waals surface area contributed by atoms with Gasteiger partial charge in [-0.05, 0) is 18.9 Å². The number of aliphatic hydroxyl groups is 1. The van der Waals surface area contributed by atoms with Gasteiger partial charge in [0.05, 0.1) is 13.2 Å². The highest BCUT2D eigenvalue weighted by Crippen LogP contribution is 2.26. The van der Waals surface area contributed by atoms with Gasteiger partial charge in [-0.2, -0.15) is 5.10 Å². The molecule has 0 bridgehead atoms. The van der Waals surface area contributed by atoms with E-state index in [2.05, 4.69) is 10.00 Å². The van der Waals surface area contributed by atoms with Crippen molar-refractivity contribution in [2.75, 3.05) is 19.7 Å². The van der Waals surface area contributed by atoms with E-state index in [1.165, 1.54) is 12.8 Å². The van der Waals surface area contributed by atoms with Crippen LogP contribution >= 0.6 is 0 Å². The summed E-state index contributed by atoms with van der Waals surface area (Å²) in [6.45, 7) is 2.97. The van der Waals surface area contributed by atoms with Gasteiger partial charge in [0.2, 0.25) is 0 Å². The maximum Gasteiger partial charge on any atom is 0.0558 e. The number of aliphatic hydroxyl groups excluding tert-OH is 1. The van der Waals surface area contributed by atoms with Crippen LogP contribution in [0.3, 0.4) is 0 Å². The molecule has 0 unspecified atom stereocenters. The Morgan fingerprint density at radius 2 is 2.29 bits per heavy atom. The van der Waals surface area contributed by atoms with Crippen molar-refractivity contribution in [3.05, 3.63) is 18.5 Å². The van der Waals surface area contributed by atoms with Gasteiger partial charge in [0, 0.05) is 31.5 Å². The minimum Gasteiger partial charge on any atom is -0.395 e. The lowest BCUT2D eigenvalue weighted by Crippen LogP contribution is -2.32. The Bertz CT molecular complexity index is 256. The summed E-state index contributed by atoms with van der Waals surface area (Å²) in [4.78, 5) is 2.35. The first kappa shape index (κ1) is 9.68. The molecule has 14 heavy (non-hydrogen) atoms. The van der Waals surface area contributed by atoms with E-state index in [0.29, 0.717) is 0 Å². The summed E-state index contributed by atoms with van der Waals surface area (Å²) in [5, 5.41) is 13.1. The molecule has 2 rings (SSSR count). The maximum absolute atomic E-state index is 8.91. The van der Waals surface area contributed by atoms with Crippen LogP contribution < -0.4 is 0 Å². The van der Waals surface area contributed by atoms with Crippen LogP contribution in [-0.2, 0) is 6.54 Å². The van der Waals surface area contributed by atoms with Crippen molar-refractivity contribution >= 4 is 0 Å². The van der Waals surface area contributed by atoms with Crippen molar-refractivity contribution in [2.45, 2.75) is 25.4 Å². The Morgan fingerprint density at radius 3 is 2.86 bits per heavy atom. The zero-order valence-electron chi connectivity index (χ0n) is 8.34. The third-order valence-electron chi connectivity index (χ3n) is 2.63. The average Bonchev–Trinajstić information content (AvgIpc) is 2.90. The first-order valence-corrected chi connectivity index (χ1v) is 5.22. The molecule has 0 spiro atoms. The van der Waals surface area contributed by atoms with Gasteiger partial charge < -0.3 is 5.11 Å². The lowest BCUT2D eigenvalue weighted by Gasteiger charge is -2.20. The highest BCUT2D eigenvalue weighted by Gasteiger charge is 2.27. The molecule has 0 saturated heterocycles. The topological polar surface area (TPSA) is 41.3 Å². The van der Waals surface area contributed by atoms with Gasteiger partial charge in [0.15, 0.2) is 0 Å². The normalized spacial score (nSPS) is 16.4. The zero-order valence-corrected chi connectivity index (χ0v) is 8.34. The van der Waals surface area contributed by atoms with Gasteiger partial charge in [-0.15, -0.1) is 0 Å². The molecule has 0 amide bonds. The van der Waals surface area contributed by atoms with Crippen LogP contribution in [-0.4, -0.2) is 45.5 Å². The zero-order chi connectivity index (χ0) is 9.80. The van der Waals surface area contributed by atoms with E-state index < -0.39 is 0 Å². The lowest BCUT2D eigenvalue weighted by molar-refractivity contribution is 0.183. The molecule has 1 saturated carbocycles. The van der Waals surface area contributed by atoms with Crippen molar-refractivity contribution in [3.8, 4) is 0 Å². The third-order valence-corrected chi connectivity index (χ3v) is 2.63. The van der Waals surface area contributed by atoms with Crippen molar-refractivity contribution in [1.82, 2.24) is 14.7 Å². The largest absolute Gasteiger partial charge is 0.395 e. The summed E-state index contributed by atoms with van der Waals surface area (Å²) >= 11 is 0. The lowest BCUT2D eigenvalue weighted by atomic mass is 10.4. The maximum atomic E-state index is 8.91. The van der Waals surface area contributed by atoms with Gasteiger partial charge in [-0.3, -0.25) is 9.58 Å². The highest BCUT2D eigenvalue weighted by atomic mass is 16.3. The summed E-state index contributed by atoms with van der Waals surface area (Å²) in [6.07, 6.45) is 6.36. The van der Waals surface area contributed by atoms with Crippen LogP contribution in [0, 0.1) is 0 Å². The fourth-order valence-electron chi connectivity index (χ4n) is 1.71. The van der Waals surface area contributed by atoms with E-state index in [1.54, 1.807) is 6.20 Å². The molecule has 1 aliphatic rings. The van der Waals surface area contributed by atoms with E-state index >= 15 is 0 Å². The average molecular weight is 195 g/mol. The van der Waals surface area contributed by atoms with Crippen LogP contribution in [0.25, 0.3) is 0 Å². The smallest absolute Gasteiger partial charge is 0.0558 e. The van der Waals surface area contributed by atoms with E-state index in [-0.39, 0.29) is 6.61 Å². The molecule has 1 aromatic rings. The molecule has 1 aromatic heterocycles. The second-order valence-electron chi connectivity index (χ2n) is 3.76. The minimum absolute atomic E-state index is 0.260. The van der Waals surface area contributed by atoms with Crippen LogP contribution in [0.2, 0.25) is 0 Å². The van der Waals surface area contributed by atoms with Crippen molar-refractivity contribution < 1.29 is 5.11 Å². The number of nitrogens with zero attached hydrogens (tertiary/aromatic N) is 3. The molecule has 0 radical (unpaired) electrons. The summed E-state index contributed by atoms with van der Waals surface area (Å²) in [5.41, 5.74) is 0. The monoisotopic (exact) mass is 195 g/mol. The van der Waals surface area contributed by atoms with Crippen LogP contribution in [0.1, 0.15) is 12.8 Å². The van der Waals surface area contributed by atoms with E-state index in [0.717, 1.165) is 25.7 Å². The fraction of sp³-hybridized carbons (Fsp3) is 0.700. The van der Waals surface area contributed by atoms with E-state index in [9.17, 15) is 0 Å². The van der Waals surface area contributed by atoms with Gasteiger partial charge in [0.1, 0.15) is 0 Å². The first-order valence-electron chi connectivity index (χ1n) is 5.22. The molecule has 78 valence electrons. The fourth-order valence-corrected chi connectivity index (χ4v) is 1.71. The summed E-state index contributed by atoms with van der Waals surface area (Å²) in [7, 11) is 0. The molecular formula is C10H17N3O. The Hall–Kier alpha value is -0.870. The molecule has 0 aliphatic heterocycles. The molecule has 1 heterocycles. The van der Waals surface area contributed by atoms with Gasteiger partial charge in [-0.25, -0.2) is 0 Å². The third kappa shape index (κ3) is 2.56. The Morgan fingerprint density at radius 1 is 1.43 bits per heavy atom. The second kappa shape index (κ2) is 4.57. The van der Waals surface area contributed by atoms with Crippen LogP contribution in [0.15, 0.2) is 18.5 Å². The minimum atomic E-state index is 0.260. The molecular weight excluding hydrogens is 178 g/mol. The SMILES string of the molecule is OCCN(CCn1cccn1)C1CC1. The quantitative estimate of drug-likeness (QED) is 0.711. The first-order chi connectivity index (χ1) is 6.90. The Labute approximate surface area is 84.1 Å². The molecule has 0 atom stereocenters. The standard InChI is InChI=1S/C10H17N3O/c14-9-8-12(10-2-3-10)6-7-13-5-1-4-11-13/h1,4-5,10,14H,2-3,6-9H2. The number of aromatic nitrogens is 2. The van der Waals surface area contributed by atoms with Crippen molar-refractivity contribution in [1.29, 1.82) is 0 Å². The summed E-state index contributed by atoms with van der Waals surface area (Å²) in [6, 6.07) is 2.66. The molecule has 1 N–H and O–H groups in total. The second-order valence-corrected chi connectivity index (χ2v) is 3.76. The molecule has 1 fully saturated rings. The van der Waals surface area contributed by atoms with Crippen LogP contribution in [0.5, 0.6) is 0 Å². The summed E-state index contributed by atoms with van der Waals surface area (Å²) in [5.74, 6) is 0. The Balaban J connectivity index is 1.76. The molecule has 4 nitrogen and oxygen atoms in total. The van der Waals surface area contributed by atoms with Gasteiger partial charge in [0.25, 0.3) is 0 Å². The molecule has 0 aromatic carbocycles. The van der Waals surface area contributed by atoms with Crippen molar-refractivity contribution in [2.24, 2.45) is 0 Å². The number of rotatable bonds is 6. The molecule has 1 aliphatic carbocycles. The van der Waals surface area contributed by atoms with Crippen LogP contribution in [0.4, 0.5) is 0 Å². The Kier molecular flexibility index (Phi) is 3.16. The van der Waals surface area contributed by atoms with E-state index in [4.69, 9.17) is 5.11 Å². The predicted molar refractivity (Wildman–Crippen MR) is 53.9 cm³/mol. The van der Waals surface area contributed by atoms with Gasteiger partial charge >= 0.3 is 0 Å². The predicted octanol–water partition coefficient (Wildman–Crippen LogP) is 0.340. The number of hydrogen-bond acceptors (Lipinski definition) is 3.